The molecular formula is C26H48INO. The summed E-state index contributed by atoms with van der Waals surface area (Å²) in [4.78, 5) is 0. The molecule has 0 N–H and O–H groups in total. The molecule has 0 fully saturated rings. The molecule has 0 aliphatic heterocycles. The van der Waals surface area contributed by atoms with Crippen molar-refractivity contribution in [1.82, 2.24) is 0 Å². The zero-order chi connectivity index (χ0) is 20.3. The van der Waals surface area contributed by atoms with E-state index in [1.54, 1.807) is 0 Å². The van der Waals surface area contributed by atoms with Crippen LogP contribution in [0.4, 0.5) is 0 Å². The predicted molar refractivity (Wildman–Crippen MR) is 124 cm³/mol. The summed E-state index contributed by atoms with van der Waals surface area (Å²) in [6.07, 6.45) is 16.7. The lowest BCUT2D eigenvalue weighted by atomic mass is 10.0. The van der Waals surface area contributed by atoms with Crippen LogP contribution in [0, 0.1) is 0 Å². The summed E-state index contributed by atoms with van der Waals surface area (Å²) in [6, 6.07) is 10.2. The highest BCUT2D eigenvalue weighted by Crippen LogP contribution is 2.14. The van der Waals surface area contributed by atoms with Crippen molar-refractivity contribution in [3.63, 3.8) is 0 Å². The van der Waals surface area contributed by atoms with E-state index < -0.39 is 0 Å². The second-order valence-corrected chi connectivity index (χ2v) is 8.42. The zero-order valence-electron chi connectivity index (χ0n) is 19.6. The summed E-state index contributed by atoms with van der Waals surface area (Å²) in [5, 5.41) is 0. The van der Waals surface area contributed by atoms with Crippen LogP contribution in [-0.2, 0) is 0 Å². The van der Waals surface area contributed by atoms with Gasteiger partial charge in [0.2, 0.25) is 0 Å². The van der Waals surface area contributed by atoms with Crippen LogP contribution in [0.1, 0.15) is 97.8 Å². The SMILES string of the molecule is CC[N+](CC)(CC)CCCCCCCCCCCCCCOc1ccccc1.[I-]. The molecule has 1 rings (SSSR count). The molecule has 0 saturated carbocycles. The minimum absolute atomic E-state index is 0. The van der Waals surface area contributed by atoms with Crippen LogP contribution in [0.3, 0.4) is 0 Å². The molecule has 0 amide bonds. The third kappa shape index (κ3) is 14.4. The molecule has 0 spiro atoms. The molecule has 0 saturated heterocycles. The number of hydrogen-bond donors (Lipinski definition) is 0. The topological polar surface area (TPSA) is 9.23 Å². The molecule has 0 heterocycles. The Morgan fingerprint density at radius 3 is 1.45 bits per heavy atom. The second-order valence-electron chi connectivity index (χ2n) is 8.42. The van der Waals surface area contributed by atoms with Gasteiger partial charge in [0.05, 0.1) is 32.8 Å². The number of benzene rings is 1. The maximum Gasteiger partial charge on any atom is 0.119 e. The highest BCUT2D eigenvalue weighted by atomic mass is 127. The zero-order valence-corrected chi connectivity index (χ0v) is 21.8. The van der Waals surface area contributed by atoms with Gasteiger partial charge in [-0.3, -0.25) is 0 Å². The van der Waals surface area contributed by atoms with Crippen molar-refractivity contribution < 1.29 is 33.2 Å². The van der Waals surface area contributed by atoms with Crippen LogP contribution >= 0.6 is 0 Å². The van der Waals surface area contributed by atoms with Gasteiger partial charge < -0.3 is 33.2 Å². The van der Waals surface area contributed by atoms with Gasteiger partial charge in [-0.2, -0.15) is 0 Å². The molecule has 3 heteroatoms. The first kappa shape index (κ1) is 28.7. The Bertz CT molecular complexity index is 439. The first-order valence-corrected chi connectivity index (χ1v) is 12.3. The lowest BCUT2D eigenvalue weighted by molar-refractivity contribution is -0.923. The number of halogens is 1. The Morgan fingerprint density at radius 2 is 1.00 bits per heavy atom. The van der Waals surface area contributed by atoms with Crippen LogP contribution in [0.2, 0.25) is 0 Å². The molecule has 0 atom stereocenters. The van der Waals surface area contributed by atoms with Gasteiger partial charge in [-0.15, -0.1) is 0 Å². The van der Waals surface area contributed by atoms with E-state index in [0.717, 1.165) is 12.4 Å². The monoisotopic (exact) mass is 517 g/mol. The third-order valence-corrected chi connectivity index (χ3v) is 6.55. The maximum absolute atomic E-state index is 5.74. The molecule has 2 nitrogen and oxygen atoms in total. The van der Waals surface area contributed by atoms with Crippen molar-refractivity contribution in [1.29, 1.82) is 0 Å². The molecule has 0 aliphatic rings. The summed E-state index contributed by atoms with van der Waals surface area (Å²) < 4.78 is 7.06. The third-order valence-electron chi connectivity index (χ3n) is 6.55. The Labute approximate surface area is 199 Å². The van der Waals surface area contributed by atoms with Gasteiger partial charge in [-0.1, -0.05) is 76.0 Å². The van der Waals surface area contributed by atoms with E-state index in [9.17, 15) is 0 Å². The van der Waals surface area contributed by atoms with Crippen LogP contribution < -0.4 is 28.7 Å². The number of rotatable bonds is 19. The van der Waals surface area contributed by atoms with Gasteiger partial charge in [0, 0.05) is 0 Å². The summed E-state index contributed by atoms with van der Waals surface area (Å²) in [7, 11) is 0. The van der Waals surface area contributed by atoms with Gasteiger partial charge in [-0.25, -0.2) is 0 Å². The number of para-hydroxylation sites is 1. The largest absolute Gasteiger partial charge is 1.00 e. The van der Waals surface area contributed by atoms with E-state index in [0.29, 0.717) is 0 Å². The van der Waals surface area contributed by atoms with Crippen molar-refractivity contribution in [2.24, 2.45) is 0 Å². The van der Waals surface area contributed by atoms with E-state index in [1.165, 1.54) is 108 Å². The van der Waals surface area contributed by atoms with Crippen LogP contribution in [0.5, 0.6) is 5.75 Å². The summed E-state index contributed by atoms with van der Waals surface area (Å²) >= 11 is 0. The molecule has 0 radical (unpaired) electrons. The minimum Gasteiger partial charge on any atom is -1.00 e. The second kappa shape index (κ2) is 19.7. The Balaban J connectivity index is 0.00000784. The van der Waals surface area contributed by atoms with Crippen molar-refractivity contribution in [3.05, 3.63) is 30.3 Å². The highest BCUT2D eigenvalue weighted by molar-refractivity contribution is 5.20. The minimum atomic E-state index is 0. The van der Waals surface area contributed by atoms with Crippen molar-refractivity contribution in [2.45, 2.75) is 97.8 Å². The number of hydrogen-bond acceptors (Lipinski definition) is 1. The number of ether oxygens (including phenoxy) is 1. The number of nitrogens with zero attached hydrogens (tertiary/aromatic N) is 1. The Morgan fingerprint density at radius 1 is 0.586 bits per heavy atom. The molecule has 1 aromatic rings. The lowest BCUT2D eigenvalue weighted by Gasteiger charge is -2.35. The van der Waals surface area contributed by atoms with Gasteiger partial charge in [0.1, 0.15) is 5.75 Å². The summed E-state index contributed by atoms with van der Waals surface area (Å²) in [5.41, 5.74) is 0. The summed E-state index contributed by atoms with van der Waals surface area (Å²) in [6.45, 7) is 13.2. The van der Waals surface area contributed by atoms with Gasteiger partial charge >= 0.3 is 0 Å². The average Bonchev–Trinajstić information content (AvgIpc) is 2.75. The normalized spacial score (nSPS) is 11.3. The first-order chi connectivity index (χ1) is 13.8. The van der Waals surface area contributed by atoms with E-state index in [2.05, 4.69) is 20.8 Å². The van der Waals surface area contributed by atoms with Gasteiger partial charge in [0.15, 0.2) is 0 Å². The van der Waals surface area contributed by atoms with Crippen LogP contribution in [0.25, 0.3) is 0 Å². The van der Waals surface area contributed by atoms with E-state index in [1.807, 2.05) is 30.3 Å². The van der Waals surface area contributed by atoms with Crippen molar-refractivity contribution in [3.8, 4) is 5.75 Å². The standard InChI is InChI=1S/C26H48NO.HI/c1-4-27(5-2,6-3)24-20-15-13-11-9-7-8-10-12-14-16-21-25-28-26-22-18-17-19-23-26;/h17-19,22-23H,4-16,20-21,24-25H2,1-3H3;1H/q+1;/p-1. The first-order valence-electron chi connectivity index (χ1n) is 12.3. The fourth-order valence-corrected chi connectivity index (χ4v) is 4.17. The fraction of sp³-hybridized carbons (Fsp3) is 0.769. The molecule has 1 aromatic carbocycles. The molecule has 0 aliphatic carbocycles. The van der Waals surface area contributed by atoms with Crippen molar-refractivity contribution in [2.75, 3.05) is 32.8 Å². The Kier molecular flexibility index (Phi) is 19.5. The molecular weight excluding hydrogens is 469 g/mol. The van der Waals surface area contributed by atoms with Crippen LogP contribution in [-0.4, -0.2) is 37.3 Å². The summed E-state index contributed by atoms with van der Waals surface area (Å²) in [5.74, 6) is 1.00. The quantitative estimate of drug-likeness (QED) is 0.148. The Hall–Kier alpha value is -0.290. The highest BCUT2D eigenvalue weighted by Gasteiger charge is 2.19. The van der Waals surface area contributed by atoms with Crippen LogP contribution in [0.15, 0.2) is 30.3 Å². The van der Waals surface area contributed by atoms with E-state index >= 15 is 0 Å². The number of quaternary nitrogens is 1. The lowest BCUT2D eigenvalue weighted by Crippen LogP contribution is -3.00. The smallest absolute Gasteiger partial charge is 0.119 e. The molecule has 0 aromatic heterocycles. The van der Waals surface area contributed by atoms with Gasteiger partial charge in [0.25, 0.3) is 0 Å². The average molecular weight is 518 g/mol. The molecule has 0 unspecified atom stereocenters. The molecule has 0 bridgehead atoms. The van der Waals surface area contributed by atoms with E-state index in [-0.39, 0.29) is 24.0 Å². The van der Waals surface area contributed by atoms with E-state index in [4.69, 9.17) is 4.74 Å². The predicted octanol–water partition coefficient (Wildman–Crippen LogP) is 4.63. The maximum atomic E-state index is 5.74. The van der Waals surface area contributed by atoms with Gasteiger partial charge in [-0.05, 0) is 52.2 Å². The number of unbranched alkanes of at least 4 members (excludes halogenated alkanes) is 11. The fourth-order valence-electron chi connectivity index (χ4n) is 4.17. The molecule has 29 heavy (non-hydrogen) atoms. The van der Waals surface area contributed by atoms with Crippen molar-refractivity contribution >= 4 is 0 Å². The molecule has 170 valence electrons.